The van der Waals surface area contributed by atoms with Crippen LogP contribution in [-0.2, 0) is 0 Å². The molecule has 0 bridgehead atoms. The first-order chi connectivity index (χ1) is 9.19. The zero-order valence-electron chi connectivity index (χ0n) is 10.3. The summed E-state index contributed by atoms with van der Waals surface area (Å²) in [4.78, 5) is 17.6. The number of benzene rings is 1. The average molecular weight is 249 g/mol. The molecule has 19 heavy (non-hydrogen) atoms. The number of aromatic nitrogens is 2. The minimum Gasteiger partial charge on any atom is -0.361 e. The molecule has 0 atom stereocenters. The van der Waals surface area contributed by atoms with Crippen molar-refractivity contribution in [3.05, 3.63) is 58.1 Å². The van der Waals surface area contributed by atoms with Crippen LogP contribution in [0.2, 0.25) is 0 Å². The Kier molecular flexibility index (Phi) is 2.46. The fraction of sp³-hybridized carbons (Fsp3) is 0.0667. The van der Waals surface area contributed by atoms with Crippen LogP contribution in [0.1, 0.15) is 11.3 Å². The highest BCUT2D eigenvalue weighted by Gasteiger charge is 2.10. The van der Waals surface area contributed by atoms with Gasteiger partial charge in [0.1, 0.15) is 11.6 Å². The molecule has 0 radical (unpaired) electrons. The Morgan fingerprint density at radius 3 is 2.84 bits per heavy atom. The molecule has 92 valence electrons. The minimum absolute atomic E-state index is 0.150. The predicted octanol–water partition coefficient (Wildman–Crippen LogP) is 2.70. The SMILES string of the molecule is Cc1cc(-c2ccc3cc[nH]c3c2)c(C#N)c(=O)[nH]1. The van der Waals surface area contributed by atoms with Gasteiger partial charge in [0.2, 0.25) is 0 Å². The molecule has 0 aliphatic rings. The van der Waals surface area contributed by atoms with E-state index in [1.807, 2.05) is 42.6 Å². The van der Waals surface area contributed by atoms with E-state index in [4.69, 9.17) is 5.26 Å². The lowest BCUT2D eigenvalue weighted by Crippen LogP contribution is -2.12. The summed E-state index contributed by atoms with van der Waals surface area (Å²) in [6, 6.07) is 11.6. The molecular formula is C15H11N3O. The lowest BCUT2D eigenvalue weighted by molar-refractivity contribution is 1.13. The molecule has 0 spiro atoms. The Hall–Kier alpha value is -2.80. The fourth-order valence-electron chi connectivity index (χ4n) is 2.24. The van der Waals surface area contributed by atoms with E-state index in [0.717, 1.165) is 22.2 Å². The number of H-pyrrole nitrogens is 2. The van der Waals surface area contributed by atoms with Gasteiger partial charge in [-0.2, -0.15) is 5.26 Å². The van der Waals surface area contributed by atoms with Crippen LogP contribution in [0.15, 0.2) is 41.3 Å². The zero-order valence-corrected chi connectivity index (χ0v) is 10.3. The third-order valence-electron chi connectivity index (χ3n) is 3.15. The fourth-order valence-corrected chi connectivity index (χ4v) is 2.24. The van der Waals surface area contributed by atoms with Gasteiger partial charge >= 0.3 is 0 Å². The van der Waals surface area contributed by atoms with E-state index < -0.39 is 0 Å². The Bertz CT molecular complexity index is 865. The van der Waals surface area contributed by atoms with Crippen molar-refractivity contribution in [2.45, 2.75) is 6.92 Å². The van der Waals surface area contributed by atoms with Crippen molar-refractivity contribution in [1.29, 1.82) is 5.26 Å². The highest BCUT2D eigenvalue weighted by molar-refractivity contribution is 5.85. The Balaban J connectivity index is 2.32. The quantitative estimate of drug-likeness (QED) is 0.696. The number of pyridine rings is 1. The average Bonchev–Trinajstić information content (AvgIpc) is 2.85. The molecule has 4 heteroatoms. The maximum Gasteiger partial charge on any atom is 0.266 e. The van der Waals surface area contributed by atoms with E-state index in [0.29, 0.717) is 5.56 Å². The van der Waals surface area contributed by atoms with E-state index in [2.05, 4.69) is 9.97 Å². The molecule has 0 aliphatic carbocycles. The van der Waals surface area contributed by atoms with Crippen LogP contribution in [0.25, 0.3) is 22.0 Å². The largest absolute Gasteiger partial charge is 0.361 e. The normalized spacial score (nSPS) is 10.5. The van der Waals surface area contributed by atoms with Gasteiger partial charge in [-0.05, 0) is 36.1 Å². The van der Waals surface area contributed by atoms with Crippen LogP contribution in [0.4, 0.5) is 0 Å². The molecule has 1 aromatic carbocycles. The Morgan fingerprint density at radius 2 is 2.05 bits per heavy atom. The van der Waals surface area contributed by atoms with Crippen molar-refractivity contribution in [3.63, 3.8) is 0 Å². The standard InChI is InChI=1S/C15H11N3O/c1-9-6-12(13(8-16)15(19)18-9)11-3-2-10-4-5-17-14(10)7-11/h2-7,17H,1H3,(H,18,19). The summed E-state index contributed by atoms with van der Waals surface area (Å²) < 4.78 is 0. The van der Waals surface area contributed by atoms with E-state index in [-0.39, 0.29) is 11.1 Å². The smallest absolute Gasteiger partial charge is 0.266 e. The van der Waals surface area contributed by atoms with Crippen molar-refractivity contribution >= 4 is 10.9 Å². The van der Waals surface area contributed by atoms with Crippen LogP contribution in [0, 0.1) is 18.3 Å². The van der Waals surface area contributed by atoms with Gasteiger partial charge in [0, 0.05) is 23.0 Å². The molecule has 3 rings (SSSR count). The molecule has 0 aliphatic heterocycles. The molecule has 0 saturated carbocycles. The summed E-state index contributed by atoms with van der Waals surface area (Å²) in [6.07, 6.45) is 1.86. The van der Waals surface area contributed by atoms with E-state index in [1.165, 1.54) is 0 Å². The van der Waals surface area contributed by atoms with Crippen molar-refractivity contribution in [2.75, 3.05) is 0 Å². The summed E-state index contributed by atoms with van der Waals surface area (Å²) >= 11 is 0. The van der Waals surface area contributed by atoms with Gasteiger partial charge in [-0.15, -0.1) is 0 Å². The monoisotopic (exact) mass is 249 g/mol. The number of nitriles is 1. The van der Waals surface area contributed by atoms with Gasteiger partial charge in [0.05, 0.1) is 0 Å². The highest BCUT2D eigenvalue weighted by atomic mass is 16.1. The van der Waals surface area contributed by atoms with Gasteiger partial charge in [-0.25, -0.2) is 0 Å². The van der Waals surface area contributed by atoms with Crippen molar-refractivity contribution in [3.8, 4) is 17.2 Å². The molecule has 0 fully saturated rings. The molecule has 2 aromatic heterocycles. The third kappa shape index (κ3) is 1.81. The molecule has 2 heterocycles. The number of fused-ring (bicyclic) bond motifs is 1. The topological polar surface area (TPSA) is 72.4 Å². The van der Waals surface area contributed by atoms with Crippen LogP contribution >= 0.6 is 0 Å². The molecule has 3 aromatic rings. The van der Waals surface area contributed by atoms with Crippen LogP contribution in [0.5, 0.6) is 0 Å². The van der Waals surface area contributed by atoms with Crippen molar-refractivity contribution in [1.82, 2.24) is 9.97 Å². The first-order valence-electron chi connectivity index (χ1n) is 5.90. The zero-order chi connectivity index (χ0) is 13.4. The van der Waals surface area contributed by atoms with Crippen LogP contribution in [-0.4, -0.2) is 9.97 Å². The van der Waals surface area contributed by atoms with Crippen LogP contribution < -0.4 is 5.56 Å². The second kappa shape index (κ2) is 4.14. The van der Waals surface area contributed by atoms with Gasteiger partial charge in [0.15, 0.2) is 0 Å². The lowest BCUT2D eigenvalue weighted by Gasteiger charge is -2.05. The number of nitrogens with zero attached hydrogens (tertiary/aromatic N) is 1. The highest BCUT2D eigenvalue weighted by Crippen LogP contribution is 2.25. The van der Waals surface area contributed by atoms with Crippen molar-refractivity contribution in [2.24, 2.45) is 0 Å². The number of aromatic amines is 2. The first kappa shape index (κ1) is 11.3. The maximum atomic E-state index is 11.8. The Morgan fingerprint density at radius 1 is 1.21 bits per heavy atom. The Labute approximate surface area is 109 Å². The maximum absolute atomic E-state index is 11.8. The predicted molar refractivity (Wildman–Crippen MR) is 73.8 cm³/mol. The summed E-state index contributed by atoms with van der Waals surface area (Å²) in [6.45, 7) is 1.80. The summed E-state index contributed by atoms with van der Waals surface area (Å²) in [5, 5.41) is 10.2. The summed E-state index contributed by atoms with van der Waals surface area (Å²) in [5.41, 5.74) is 3.06. The molecule has 4 nitrogen and oxygen atoms in total. The number of nitrogens with one attached hydrogen (secondary N) is 2. The van der Waals surface area contributed by atoms with E-state index in [9.17, 15) is 4.79 Å². The van der Waals surface area contributed by atoms with Gasteiger partial charge in [0.25, 0.3) is 5.56 Å². The summed E-state index contributed by atoms with van der Waals surface area (Å²) in [5.74, 6) is 0. The molecule has 2 N–H and O–H groups in total. The summed E-state index contributed by atoms with van der Waals surface area (Å²) in [7, 11) is 0. The van der Waals surface area contributed by atoms with E-state index in [1.54, 1.807) is 6.92 Å². The van der Waals surface area contributed by atoms with Gasteiger partial charge in [-0.3, -0.25) is 4.79 Å². The first-order valence-corrected chi connectivity index (χ1v) is 5.90. The molecular weight excluding hydrogens is 238 g/mol. The lowest BCUT2D eigenvalue weighted by atomic mass is 10.0. The second-order valence-corrected chi connectivity index (χ2v) is 4.46. The van der Waals surface area contributed by atoms with Crippen molar-refractivity contribution < 1.29 is 0 Å². The minimum atomic E-state index is -0.343. The van der Waals surface area contributed by atoms with Crippen LogP contribution in [0.3, 0.4) is 0 Å². The molecule has 0 amide bonds. The molecule has 0 saturated heterocycles. The van der Waals surface area contributed by atoms with Gasteiger partial charge < -0.3 is 9.97 Å². The number of aryl methyl sites for hydroxylation is 1. The molecule has 0 unspecified atom stereocenters. The van der Waals surface area contributed by atoms with Gasteiger partial charge in [-0.1, -0.05) is 12.1 Å². The third-order valence-corrected chi connectivity index (χ3v) is 3.15. The van der Waals surface area contributed by atoms with E-state index >= 15 is 0 Å². The number of hydrogen-bond donors (Lipinski definition) is 2. The number of rotatable bonds is 1. The second-order valence-electron chi connectivity index (χ2n) is 4.46. The number of hydrogen-bond acceptors (Lipinski definition) is 2.